The number of alkyl halides is 2. The molecule has 0 bridgehead atoms. The topological polar surface area (TPSA) is 63.4 Å². The zero-order valence-electron chi connectivity index (χ0n) is 6.28. The van der Waals surface area contributed by atoms with Crippen LogP contribution in [0.15, 0.2) is 18.2 Å². The minimum absolute atomic E-state index is 0.710. The van der Waals surface area contributed by atoms with Crippen molar-refractivity contribution in [3.05, 3.63) is 33.9 Å². The highest BCUT2D eigenvalue weighted by Crippen LogP contribution is 2.35. The van der Waals surface area contributed by atoms with Gasteiger partial charge in [-0.3, -0.25) is 10.1 Å². The number of halogens is 2. The van der Waals surface area contributed by atoms with Crippen molar-refractivity contribution in [3.63, 3.8) is 0 Å². The number of hydrogen-bond donors (Lipinski definition) is 1. The molecule has 0 atom stereocenters. The molecule has 0 aliphatic rings. The first-order chi connectivity index (χ1) is 6.04. The SMILES string of the molecule is O=[N+]([O-])c1cccc(C(F)F)c1O. The molecule has 0 saturated heterocycles. The smallest absolute Gasteiger partial charge is 0.311 e. The largest absolute Gasteiger partial charge is 0.502 e. The summed E-state index contributed by atoms with van der Waals surface area (Å²) in [5.74, 6) is -0.970. The average Bonchev–Trinajstić information content (AvgIpc) is 2.03. The van der Waals surface area contributed by atoms with Crippen LogP contribution in [0.25, 0.3) is 0 Å². The summed E-state index contributed by atoms with van der Waals surface area (Å²) in [7, 11) is 0. The number of hydrogen-bond acceptors (Lipinski definition) is 3. The Hall–Kier alpha value is -1.72. The van der Waals surface area contributed by atoms with E-state index < -0.39 is 28.3 Å². The second-order valence-electron chi connectivity index (χ2n) is 2.27. The van der Waals surface area contributed by atoms with Gasteiger partial charge in [0, 0.05) is 6.07 Å². The van der Waals surface area contributed by atoms with Crippen LogP contribution in [-0.2, 0) is 0 Å². The number of nitrogens with zero attached hydrogens (tertiary/aromatic N) is 1. The van der Waals surface area contributed by atoms with Crippen molar-refractivity contribution in [2.45, 2.75) is 6.43 Å². The Kier molecular flexibility index (Phi) is 2.41. The lowest BCUT2D eigenvalue weighted by molar-refractivity contribution is -0.386. The number of phenolic OH excluding ortho intramolecular Hbond substituents is 1. The Labute approximate surface area is 71.6 Å². The Morgan fingerprint density at radius 2 is 2.08 bits per heavy atom. The van der Waals surface area contributed by atoms with Gasteiger partial charge >= 0.3 is 5.69 Å². The molecule has 0 aliphatic carbocycles. The second kappa shape index (κ2) is 3.34. The van der Waals surface area contributed by atoms with Crippen LogP contribution in [0.4, 0.5) is 14.5 Å². The van der Waals surface area contributed by atoms with Crippen LogP contribution in [0, 0.1) is 10.1 Å². The van der Waals surface area contributed by atoms with Crippen molar-refractivity contribution in [2.75, 3.05) is 0 Å². The van der Waals surface area contributed by atoms with Crippen LogP contribution in [0.5, 0.6) is 5.75 Å². The van der Waals surface area contributed by atoms with Gasteiger partial charge in [0.15, 0.2) is 0 Å². The minimum atomic E-state index is -2.92. The van der Waals surface area contributed by atoms with Crippen molar-refractivity contribution in [1.29, 1.82) is 0 Å². The Morgan fingerprint density at radius 3 is 2.54 bits per heavy atom. The zero-order chi connectivity index (χ0) is 10.0. The van der Waals surface area contributed by atoms with E-state index in [1.165, 1.54) is 0 Å². The summed E-state index contributed by atoms with van der Waals surface area (Å²) in [5.41, 5.74) is -1.44. The third-order valence-corrected chi connectivity index (χ3v) is 1.48. The zero-order valence-corrected chi connectivity index (χ0v) is 6.28. The fourth-order valence-corrected chi connectivity index (χ4v) is 0.872. The Bertz CT molecular complexity index is 341. The van der Waals surface area contributed by atoms with E-state index in [-0.39, 0.29) is 0 Å². The van der Waals surface area contributed by atoms with Gasteiger partial charge in [0.2, 0.25) is 5.75 Å². The summed E-state index contributed by atoms with van der Waals surface area (Å²) in [6.45, 7) is 0. The maximum Gasteiger partial charge on any atom is 0.311 e. The fraction of sp³-hybridized carbons (Fsp3) is 0.143. The van der Waals surface area contributed by atoms with Crippen LogP contribution in [0.3, 0.4) is 0 Å². The standard InChI is InChI=1S/C7H5F2NO3/c8-7(9)4-2-1-3-5(6(4)11)10(12)13/h1-3,7,11H. The molecular formula is C7H5F2NO3. The molecule has 0 aromatic heterocycles. The van der Waals surface area contributed by atoms with Gasteiger partial charge in [-0.25, -0.2) is 8.78 Å². The molecule has 70 valence electrons. The van der Waals surface area contributed by atoms with Gasteiger partial charge in [0.25, 0.3) is 6.43 Å². The van der Waals surface area contributed by atoms with Gasteiger partial charge in [-0.2, -0.15) is 0 Å². The van der Waals surface area contributed by atoms with E-state index >= 15 is 0 Å². The molecule has 4 nitrogen and oxygen atoms in total. The lowest BCUT2D eigenvalue weighted by Gasteiger charge is -2.02. The molecule has 1 N–H and O–H groups in total. The number of nitro benzene ring substituents is 1. The van der Waals surface area contributed by atoms with Crippen molar-refractivity contribution in [3.8, 4) is 5.75 Å². The van der Waals surface area contributed by atoms with Gasteiger partial charge in [-0.1, -0.05) is 6.07 Å². The molecule has 1 aromatic carbocycles. The molecule has 0 radical (unpaired) electrons. The first kappa shape index (κ1) is 9.37. The van der Waals surface area contributed by atoms with Crippen LogP contribution in [0.2, 0.25) is 0 Å². The normalized spacial score (nSPS) is 10.4. The lowest BCUT2D eigenvalue weighted by atomic mass is 10.2. The van der Waals surface area contributed by atoms with Crippen LogP contribution < -0.4 is 0 Å². The first-order valence-electron chi connectivity index (χ1n) is 3.28. The van der Waals surface area contributed by atoms with Crippen LogP contribution in [0.1, 0.15) is 12.0 Å². The van der Waals surface area contributed by atoms with Crippen molar-refractivity contribution < 1.29 is 18.8 Å². The Morgan fingerprint density at radius 1 is 1.46 bits per heavy atom. The van der Waals surface area contributed by atoms with E-state index in [0.717, 1.165) is 18.2 Å². The number of benzene rings is 1. The van der Waals surface area contributed by atoms with E-state index in [2.05, 4.69) is 0 Å². The third kappa shape index (κ3) is 1.71. The molecule has 0 saturated carbocycles. The predicted octanol–water partition coefficient (Wildman–Crippen LogP) is 2.24. The average molecular weight is 189 g/mol. The summed E-state index contributed by atoms with van der Waals surface area (Å²) in [6.07, 6.45) is -2.92. The van der Waals surface area contributed by atoms with E-state index in [0.29, 0.717) is 0 Å². The van der Waals surface area contributed by atoms with Gasteiger partial charge in [0.05, 0.1) is 10.5 Å². The van der Waals surface area contributed by atoms with Gasteiger partial charge in [-0.15, -0.1) is 0 Å². The van der Waals surface area contributed by atoms with Crippen molar-refractivity contribution in [2.24, 2.45) is 0 Å². The minimum Gasteiger partial charge on any atom is -0.502 e. The lowest BCUT2D eigenvalue weighted by Crippen LogP contribution is -1.92. The number of nitro groups is 1. The van der Waals surface area contributed by atoms with E-state index in [9.17, 15) is 18.9 Å². The van der Waals surface area contributed by atoms with Crippen molar-refractivity contribution in [1.82, 2.24) is 0 Å². The van der Waals surface area contributed by atoms with E-state index in [1.54, 1.807) is 0 Å². The summed E-state index contributed by atoms with van der Waals surface area (Å²) in [6, 6.07) is 2.99. The molecule has 13 heavy (non-hydrogen) atoms. The van der Waals surface area contributed by atoms with Gasteiger partial charge < -0.3 is 5.11 Å². The summed E-state index contributed by atoms with van der Waals surface area (Å²) in [5, 5.41) is 19.2. The predicted molar refractivity (Wildman–Crippen MR) is 39.7 cm³/mol. The second-order valence-corrected chi connectivity index (χ2v) is 2.27. The maximum atomic E-state index is 12.1. The molecule has 0 heterocycles. The first-order valence-corrected chi connectivity index (χ1v) is 3.28. The van der Waals surface area contributed by atoms with Crippen LogP contribution >= 0.6 is 0 Å². The molecule has 1 rings (SSSR count). The van der Waals surface area contributed by atoms with Gasteiger partial charge in [0.1, 0.15) is 0 Å². The molecule has 0 amide bonds. The molecule has 1 aromatic rings. The van der Waals surface area contributed by atoms with Crippen LogP contribution in [-0.4, -0.2) is 10.0 Å². The molecule has 0 aliphatic heterocycles. The fourth-order valence-electron chi connectivity index (χ4n) is 0.872. The van der Waals surface area contributed by atoms with Gasteiger partial charge in [-0.05, 0) is 6.07 Å². The number of aromatic hydroxyl groups is 1. The summed E-state index contributed by atoms with van der Waals surface area (Å²) < 4.78 is 24.2. The highest BCUT2D eigenvalue weighted by molar-refractivity contribution is 5.50. The maximum absolute atomic E-state index is 12.1. The molecular weight excluding hydrogens is 184 g/mol. The Balaban J connectivity index is 3.26. The summed E-state index contributed by atoms with van der Waals surface area (Å²) >= 11 is 0. The number of phenols is 1. The van der Waals surface area contributed by atoms with E-state index in [4.69, 9.17) is 5.11 Å². The quantitative estimate of drug-likeness (QED) is 0.573. The highest BCUT2D eigenvalue weighted by atomic mass is 19.3. The summed E-state index contributed by atoms with van der Waals surface area (Å²) in [4.78, 5) is 9.28. The number of rotatable bonds is 2. The van der Waals surface area contributed by atoms with E-state index in [1.807, 2.05) is 0 Å². The molecule has 0 unspecified atom stereocenters. The molecule has 0 spiro atoms. The molecule has 6 heteroatoms. The molecule has 0 fully saturated rings. The monoisotopic (exact) mass is 189 g/mol. The highest BCUT2D eigenvalue weighted by Gasteiger charge is 2.21. The third-order valence-electron chi connectivity index (χ3n) is 1.48. The number of para-hydroxylation sites is 1. The van der Waals surface area contributed by atoms with Crippen molar-refractivity contribution >= 4 is 5.69 Å².